The van der Waals surface area contributed by atoms with E-state index >= 15 is 0 Å². The van der Waals surface area contributed by atoms with Crippen molar-refractivity contribution in [1.29, 1.82) is 5.26 Å². The number of nitrogens with zero attached hydrogens (tertiary/aromatic N) is 1. The normalized spacial score (nSPS) is 11.2. The lowest BCUT2D eigenvalue weighted by Gasteiger charge is -2.14. The second-order valence-electron chi connectivity index (χ2n) is 4.03. The van der Waals surface area contributed by atoms with Crippen molar-refractivity contribution in [2.75, 3.05) is 11.9 Å². The molecule has 20 heavy (non-hydrogen) atoms. The molecule has 0 aromatic heterocycles. The van der Waals surface area contributed by atoms with E-state index in [0.29, 0.717) is 5.69 Å². The third kappa shape index (κ3) is 4.96. The first-order valence-electron chi connectivity index (χ1n) is 5.94. The van der Waals surface area contributed by atoms with Crippen LogP contribution in [0.5, 0.6) is 0 Å². The summed E-state index contributed by atoms with van der Waals surface area (Å²) < 4.78 is 0. The third-order valence-corrected chi connectivity index (χ3v) is 2.52. The lowest BCUT2D eigenvalue weighted by atomic mass is 10.1. The van der Waals surface area contributed by atoms with E-state index in [1.807, 2.05) is 6.07 Å². The molecule has 0 unspecified atom stereocenters. The topological polar surface area (TPSA) is 122 Å². The van der Waals surface area contributed by atoms with Crippen molar-refractivity contribution in [1.82, 2.24) is 5.32 Å². The van der Waals surface area contributed by atoms with Gasteiger partial charge in [-0.05, 0) is 17.7 Å². The van der Waals surface area contributed by atoms with Gasteiger partial charge in [-0.25, -0.2) is 9.59 Å². The number of benzene rings is 1. The zero-order chi connectivity index (χ0) is 15.0. The second-order valence-corrected chi connectivity index (χ2v) is 4.03. The van der Waals surface area contributed by atoms with Crippen molar-refractivity contribution in [3.05, 3.63) is 29.8 Å². The highest BCUT2D eigenvalue weighted by Gasteiger charge is 2.18. The molecule has 1 aromatic carbocycles. The predicted molar refractivity (Wildman–Crippen MR) is 71.0 cm³/mol. The van der Waals surface area contributed by atoms with Crippen LogP contribution in [-0.4, -0.2) is 34.9 Å². The average molecular weight is 277 g/mol. The Morgan fingerprint density at radius 1 is 1.30 bits per heavy atom. The molecule has 0 aliphatic carbocycles. The van der Waals surface area contributed by atoms with Gasteiger partial charge in [0.25, 0.3) is 0 Å². The van der Waals surface area contributed by atoms with Gasteiger partial charge in [-0.1, -0.05) is 12.1 Å². The molecule has 7 heteroatoms. The Hall–Kier alpha value is -2.59. The number of carbonyl (C=O) groups excluding carboxylic acids is 1. The Balaban J connectivity index is 2.57. The molecular weight excluding hydrogens is 262 g/mol. The highest BCUT2D eigenvalue weighted by molar-refractivity contribution is 5.92. The largest absolute Gasteiger partial charge is 0.480 e. The van der Waals surface area contributed by atoms with Crippen molar-refractivity contribution in [3.63, 3.8) is 0 Å². The monoisotopic (exact) mass is 277 g/mol. The van der Waals surface area contributed by atoms with Gasteiger partial charge >= 0.3 is 12.0 Å². The van der Waals surface area contributed by atoms with Crippen molar-refractivity contribution >= 4 is 17.7 Å². The van der Waals surface area contributed by atoms with Gasteiger partial charge in [0.05, 0.1) is 12.5 Å². The number of aliphatic hydroxyl groups excluding tert-OH is 1. The SMILES string of the molecule is N#CCc1ccc(NC(=O)N[C@@H](CCO)C(=O)O)cc1. The Labute approximate surface area is 115 Å². The molecule has 0 radical (unpaired) electrons. The number of rotatable bonds is 6. The number of nitrogens with one attached hydrogen (secondary N) is 2. The van der Waals surface area contributed by atoms with Crippen molar-refractivity contribution < 1.29 is 19.8 Å². The van der Waals surface area contributed by atoms with Crippen molar-refractivity contribution in [2.24, 2.45) is 0 Å². The van der Waals surface area contributed by atoms with Gasteiger partial charge in [0.1, 0.15) is 6.04 Å². The van der Waals surface area contributed by atoms with E-state index in [4.69, 9.17) is 15.5 Å². The lowest BCUT2D eigenvalue weighted by Crippen LogP contribution is -2.43. The third-order valence-electron chi connectivity index (χ3n) is 2.52. The van der Waals surface area contributed by atoms with Crippen LogP contribution in [0.3, 0.4) is 0 Å². The number of aliphatic hydroxyl groups is 1. The highest BCUT2D eigenvalue weighted by Crippen LogP contribution is 2.09. The summed E-state index contributed by atoms with van der Waals surface area (Å²) in [5, 5.41) is 30.8. The number of carboxylic acids is 1. The molecule has 0 heterocycles. The molecule has 4 N–H and O–H groups in total. The summed E-state index contributed by atoms with van der Waals surface area (Å²) in [5.74, 6) is -1.21. The van der Waals surface area contributed by atoms with E-state index in [9.17, 15) is 9.59 Å². The minimum absolute atomic E-state index is 0.0656. The van der Waals surface area contributed by atoms with E-state index in [-0.39, 0.29) is 19.4 Å². The van der Waals surface area contributed by atoms with Gasteiger partial charge in [0, 0.05) is 18.7 Å². The number of nitriles is 1. The molecule has 0 saturated heterocycles. The number of amides is 2. The Morgan fingerprint density at radius 3 is 2.45 bits per heavy atom. The van der Waals surface area contributed by atoms with Crippen LogP contribution in [-0.2, 0) is 11.2 Å². The van der Waals surface area contributed by atoms with E-state index in [1.54, 1.807) is 24.3 Å². The standard InChI is InChI=1S/C13H15N3O4/c14-7-5-9-1-3-10(4-2-9)15-13(20)16-11(6-8-17)12(18)19/h1-4,11,17H,5-6,8H2,(H,18,19)(H2,15,16,20)/t11-/m0/s1. The lowest BCUT2D eigenvalue weighted by molar-refractivity contribution is -0.139. The first-order chi connectivity index (χ1) is 9.56. The molecule has 0 aliphatic heterocycles. The molecule has 0 saturated carbocycles. The van der Waals surface area contributed by atoms with E-state index < -0.39 is 18.0 Å². The number of hydrogen-bond acceptors (Lipinski definition) is 4. The molecule has 1 atom stereocenters. The van der Waals surface area contributed by atoms with E-state index in [0.717, 1.165) is 5.56 Å². The van der Waals surface area contributed by atoms with E-state index in [2.05, 4.69) is 10.6 Å². The van der Waals surface area contributed by atoms with Crippen molar-refractivity contribution in [3.8, 4) is 6.07 Å². The molecule has 106 valence electrons. The number of urea groups is 1. The fourth-order valence-electron chi connectivity index (χ4n) is 1.51. The van der Waals surface area contributed by atoms with Gasteiger partial charge in [-0.3, -0.25) is 0 Å². The summed E-state index contributed by atoms with van der Waals surface area (Å²) in [4.78, 5) is 22.4. The fraction of sp³-hybridized carbons (Fsp3) is 0.308. The molecule has 7 nitrogen and oxygen atoms in total. The summed E-state index contributed by atoms with van der Waals surface area (Å²) >= 11 is 0. The van der Waals surface area contributed by atoms with Crippen LogP contribution < -0.4 is 10.6 Å². The minimum atomic E-state index is -1.21. The number of anilines is 1. The van der Waals surface area contributed by atoms with Crippen LogP contribution in [0.2, 0.25) is 0 Å². The number of hydrogen-bond donors (Lipinski definition) is 4. The summed E-state index contributed by atoms with van der Waals surface area (Å²) in [6, 6.07) is 6.83. The van der Waals surface area contributed by atoms with Crippen LogP contribution in [0, 0.1) is 11.3 Å². The molecular formula is C13H15N3O4. The summed E-state index contributed by atoms with van der Waals surface area (Å²) in [6.45, 7) is -0.333. The number of carbonyl (C=O) groups is 2. The zero-order valence-electron chi connectivity index (χ0n) is 10.7. The summed E-state index contributed by atoms with van der Waals surface area (Å²) in [6.07, 6.45) is 0.216. The average Bonchev–Trinajstić information content (AvgIpc) is 2.40. The summed E-state index contributed by atoms with van der Waals surface area (Å²) in [7, 11) is 0. The maximum absolute atomic E-state index is 11.6. The molecule has 1 rings (SSSR count). The fourth-order valence-corrected chi connectivity index (χ4v) is 1.51. The minimum Gasteiger partial charge on any atom is -0.480 e. The second kappa shape index (κ2) is 7.76. The Kier molecular flexibility index (Phi) is 6.00. The van der Waals surface area contributed by atoms with Gasteiger partial charge in [0.2, 0.25) is 0 Å². The quantitative estimate of drug-likeness (QED) is 0.610. The molecule has 0 fully saturated rings. The maximum atomic E-state index is 11.6. The molecule has 1 aromatic rings. The predicted octanol–water partition coefficient (Wildman–Crippen LogP) is 0.710. The Morgan fingerprint density at radius 2 is 1.95 bits per heavy atom. The van der Waals surface area contributed by atoms with Crippen LogP contribution in [0.1, 0.15) is 12.0 Å². The Bertz CT molecular complexity index is 507. The highest BCUT2D eigenvalue weighted by atomic mass is 16.4. The van der Waals surface area contributed by atoms with Crippen molar-refractivity contribution in [2.45, 2.75) is 18.9 Å². The molecule has 2 amide bonds. The van der Waals surface area contributed by atoms with E-state index in [1.165, 1.54) is 0 Å². The van der Waals surface area contributed by atoms with Gasteiger partial charge in [-0.2, -0.15) is 5.26 Å². The number of aliphatic carboxylic acids is 1. The van der Waals surface area contributed by atoms with Gasteiger partial charge in [0.15, 0.2) is 0 Å². The first kappa shape index (κ1) is 15.5. The zero-order valence-corrected chi connectivity index (χ0v) is 10.7. The molecule has 0 spiro atoms. The first-order valence-corrected chi connectivity index (χ1v) is 5.94. The number of carboxylic acid groups (broad SMARTS) is 1. The van der Waals surface area contributed by atoms with Crippen LogP contribution in [0.4, 0.5) is 10.5 Å². The van der Waals surface area contributed by atoms with Crippen LogP contribution >= 0.6 is 0 Å². The van der Waals surface area contributed by atoms with Gasteiger partial charge < -0.3 is 20.8 Å². The molecule has 0 aliphatic rings. The van der Waals surface area contributed by atoms with Crippen LogP contribution in [0.15, 0.2) is 24.3 Å². The summed E-state index contributed by atoms with van der Waals surface area (Å²) in [5.41, 5.74) is 1.31. The maximum Gasteiger partial charge on any atom is 0.326 e. The van der Waals surface area contributed by atoms with Gasteiger partial charge in [-0.15, -0.1) is 0 Å². The van der Waals surface area contributed by atoms with Crippen LogP contribution in [0.25, 0.3) is 0 Å². The smallest absolute Gasteiger partial charge is 0.326 e. The molecule has 0 bridgehead atoms.